The fourth-order valence-electron chi connectivity index (χ4n) is 1.61. The molecular weight excluding hydrogens is 314 g/mol. The van der Waals surface area contributed by atoms with Crippen LogP contribution in [0.3, 0.4) is 0 Å². The zero-order chi connectivity index (χ0) is 13.0. The zero-order valence-electron chi connectivity index (χ0n) is 9.91. The molecule has 0 saturated carbocycles. The summed E-state index contributed by atoms with van der Waals surface area (Å²) < 4.78 is 6.16. The van der Waals surface area contributed by atoms with Gasteiger partial charge in [0.15, 0.2) is 0 Å². The minimum atomic E-state index is 0.701. The topological polar surface area (TPSA) is 21.3 Å². The fourth-order valence-corrected chi connectivity index (χ4v) is 2.35. The highest BCUT2D eigenvalue weighted by molar-refractivity contribution is 9.10. The maximum atomic E-state index is 6.14. The summed E-state index contributed by atoms with van der Waals surface area (Å²) in [5.41, 5.74) is 2.07. The molecule has 0 unspecified atom stereocenters. The highest BCUT2D eigenvalue weighted by Gasteiger charge is 2.01. The van der Waals surface area contributed by atoms with Crippen LogP contribution < -0.4 is 10.1 Å². The van der Waals surface area contributed by atoms with Crippen LogP contribution in [0, 0.1) is 0 Å². The Kier molecular flexibility index (Phi) is 4.50. The summed E-state index contributed by atoms with van der Waals surface area (Å²) in [5, 5.41) is 4.00. The van der Waals surface area contributed by atoms with E-state index in [9.17, 15) is 0 Å². The first-order chi connectivity index (χ1) is 8.69. The van der Waals surface area contributed by atoms with Gasteiger partial charge in [-0.3, -0.25) is 0 Å². The monoisotopic (exact) mass is 325 g/mol. The van der Waals surface area contributed by atoms with Gasteiger partial charge < -0.3 is 10.1 Å². The molecule has 18 heavy (non-hydrogen) atoms. The van der Waals surface area contributed by atoms with E-state index in [-0.39, 0.29) is 0 Å². The fraction of sp³-hybridized carbons (Fsp3) is 0.143. The number of hydrogen-bond acceptors (Lipinski definition) is 2. The first-order valence-electron chi connectivity index (χ1n) is 5.51. The number of ether oxygens (including phenoxy) is 1. The highest BCUT2D eigenvalue weighted by atomic mass is 79.9. The van der Waals surface area contributed by atoms with Crippen molar-refractivity contribution in [1.82, 2.24) is 0 Å². The number of anilines is 1. The molecule has 0 aromatic heterocycles. The summed E-state index contributed by atoms with van der Waals surface area (Å²) in [4.78, 5) is 0. The van der Waals surface area contributed by atoms with E-state index in [1.54, 1.807) is 7.11 Å². The van der Waals surface area contributed by atoms with Crippen LogP contribution in [0.2, 0.25) is 5.02 Å². The lowest BCUT2D eigenvalue weighted by Gasteiger charge is -2.09. The molecule has 0 radical (unpaired) electrons. The van der Waals surface area contributed by atoms with Gasteiger partial charge in [0.05, 0.1) is 17.8 Å². The van der Waals surface area contributed by atoms with Crippen molar-refractivity contribution in [2.75, 3.05) is 12.4 Å². The molecule has 0 aliphatic rings. The number of nitrogens with one attached hydrogen (secondary N) is 1. The second kappa shape index (κ2) is 6.12. The summed E-state index contributed by atoms with van der Waals surface area (Å²) in [7, 11) is 1.66. The summed E-state index contributed by atoms with van der Waals surface area (Å²) in [6, 6.07) is 13.7. The van der Waals surface area contributed by atoms with Crippen molar-refractivity contribution in [1.29, 1.82) is 0 Å². The van der Waals surface area contributed by atoms with Gasteiger partial charge in [0.1, 0.15) is 5.75 Å². The van der Waals surface area contributed by atoms with Crippen molar-refractivity contribution in [3.8, 4) is 5.75 Å². The van der Waals surface area contributed by atoms with Gasteiger partial charge in [-0.2, -0.15) is 0 Å². The Morgan fingerprint density at radius 1 is 1.22 bits per heavy atom. The second-order valence-corrected chi connectivity index (χ2v) is 5.15. The van der Waals surface area contributed by atoms with Crippen molar-refractivity contribution in [2.45, 2.75) is 6.54 Å². The van der Waals surface area contributed by atoms with Crippen LogP contribution in [0.15, 0.2) is 46.9 Å². The Balaban J connectivity index is 2.06. The van der Waals surface area contributed by atoms with Gasteiger partial charge in [-0.15, -0.1) is 0 Å². The first kappa shape index (κ1) is 13.2. The lowest BCUT2D eigenvalue weighted by atomic mass is 10.2. The van der Waals surface area contributed by atoms with E-state index >= 15 is 0 Å². The smallest absolute Gasteiger partial charge is 0.119 e. The first-order valence-corrected chi connectivity index (χ1v) is 6.68. The van der Waals surface area contributed by atoms with Gasteiger partial charge in [-0.25, -0.2) is 0 Å². The summed E-state index contributed by atoms with van der Waals surface area (Å²) in [6.07, 6.45) is 0. The van der Waals surface area contributed by atoms with Gasteiger partial charge in [-0.05, 0) is 35.9 Å². The van der Waals surface area contributed by atoms with Crippen LogP contribution in [0.5, 0.6) is 5.75 Å². The van der Waals surface area contributed by atoms with Crippen LogP contribution in [0.4, 0.5) is 5.69 Å². The third kappa shape index (κ3) is 3.40. The van der Waals surface area contributed by atoms with Crippen LogP contribution >= 0.6 is 27.5 Å². The number of rotatable bonds is 4. The van der Waals surface area contributed by atoms with Crippen molar-refractivity contribution in [3.05, 3.63) is 57.5 Å². The van der Waals surface area contributed by atoms with Crippen molar-refractivity contribution < 1.29 is 4.74 Å². The molecule has 0 heterocycles. The molecule has 2 aromatic carbocycles. The molecule has 94 valence electrons. The molecule has 0 bridgehead atoms. The Hall–Kier alpha value is -1.19. The lowest BCUT2D eigenvalue weighted by molar-refractivity contribution is 0.414. The van der Waals surface area contributed by atoms with Gasteiger partial charge >= 0.3 is 0 Å². The van der Waals surface area contributed by atoms with E-state index in [4.69, 9.17) is 16.3 Å². The van der Waals surface area contributed by atoms with E-state index in [1.165, 1.54) is 0 Å². The van der Waals surface area contributed by atoms with Crippen LogP contribution in [-0.2, 0) is 6.54 Å². The molecule has 0 spiro atoms. The SMILES string of the molecule is COc1cccc(CNc2ccc(Br)cc2Cl)c1. The van der Waals surface area contributed by atoms with Crippen molar-refractivity contribution >= 4 is 33.2 Å². The Labute approximate surface area is 120 Å². The quantitative estimate of drug-likeness (QED) is 0.877. The number of benzene rings is 2. The Morgan fingerprint density at radius 3 is 2.78 bits per heavy atom. The Bertz CT molecular complexity index is 545. The molecule has 4 heteroatoms. The molecule has 0 atom stereocenters. The van der Waals surface area contributed by atoms with Crippen LogP contribution in [-0.4, -0.2) is 7.11 Å². The predicted octanol–water partition coefficient (Wildman–Crippen LogP) is 4.72. The molecule has 2 rings (SSSR count). The van der Waals surface area contributed by atoms with E-state index in [0.717, 1.165) is 21.5 Å². The third-order valence-corrected chi connectivity index (χ3v) is 3.35. The van der Waals surface area contributed by atoms with E-state index in [0.29, 0.717) is 11.6 Å². The van der Waals surface area contributed by atoms with E-state index in [1.807, 2.05) is 42.5 Å². The largest absolute Gasteiger partial charge is 0.497 e. The van der Waals surface area contributed by atoms with Gasteiger partial charge in [0, 0.05) is 11.0 Å². The number of methoxy groups -OCH3 is 1. The van der Waals surface area contributed by atoms with Gasteiger partial charge in [0.2, 0.25) is 0 Å². The summed E-state index contributed by atoms with van der Waals surface area (Å²) >= 11 is 9.52. The van der Waals surface area contributed by atoms with Crippen LogP contribution in [0.1, 0.15) is 5.56 Å². The van der Waals surface area contributed by atoms with Crippen LogP contribution in [0.25, 0.3) is 0 Å². The molecule has 2 nitrogen and oxygen atoms in total. The maximum absolute atomic E-state index is 6.14. The van der Waals surface area contributed by atoms with E-state index < -0.39 is 0 Å². The third-order valence-electron chi connectivity index (χ3n) is 2.55. The summed E-state index contributed by atoms with van der Waals surface area (Å²) in [6.45, 7) is 0.707. The Morgan fingerprint density at radius 2 is 2.06 bits per heavy atom. The van der Waals surface area contributed by atoms with Gasteiger partial charge in [-0.1, -0.05) is 39.7 Å². The number of hydrogen-bond donors (Lipinski definition) is 1. The normalized spacial score (nSPS) is 10.2. The minimum absolute atomic E-state index is 0.701. The van der Waals surface area contributed by atoms with Crippen molar-refractivity contribution in [2.24, 2.45) is 0 Å². The van der Waals surface area contributed by atoms with E-state index in [2.05, 4.69) is 21.2 Å². The maximum Gasteiger partial charge on any atom is 0.119 e. The summed E-state index contributed by atoms with van der Waals surface area (Å²) in [5.74, 6) is 0.858. The second-order valence-electron chi connectivity index (χ2n) is 3.83. The molecule has 2 aromatic rings. The average molecular weight is 327 g/mol. The molecule has 0 aliphatic carbocycles. The molecule has 0 fully saturated rings. The average Bonchev–Trinajstić information content (AvgIpc) is 2.38. The standard InChI is InChI=1S/C14H13BrClNO/c1-18-12-4-2-3-10(7-12)9-17-14-6-5-11(15)8-13(14)16/h2-8,17H,9H2,1H3. The molecule has 0 amide bonds. The predicted molar refractivity (Wildman–Crippen MR) is 79.5 cm³/mol. The molecule has 0 aliphatic heterocycles. The minimum Gasteiger partial charge on any atom is -0.497 e. The lowest BCUT2D eigenvalue weighted by Crippen LogP contribution is -2.00. The highest BCUT2D eigenvalue weighted by Crippen LogP contribution is 2.26. The molecule has 0 saturated heterocycles. The molecule has 1 N–H and O–H groups in total. The molecular formula is C14H13BrClNO. The zero-order valence-corrected chi connectivity index (χ0v) is 12.3. The number of halogens is 2. The van der Waals surface area contributed by atoms with Gasteiger partial charge in [0.25, 0.3) is 0 Å². The van der Waals surface area contributed by atoms with Crippen molar-refractivity contribution in [3.63, 3.8) is 0 Å².